The fraction of sp³-hybridized carbons (Fsp3) is 0.267. The Bertz CT molecular complexity index is 859. The number of nitrogens with one attached hydrogen (secondary N) is 2. The summed E-state index contributed by atoms with van der Waals surface area (Å²) in [7, 11) is 1.60. The molecule has 0 fully saturated rings. The molecular formula is C15H15N5O3. The third kappa shape index (κ3) is 2.53. The minimum Gasteiger partial charge on any atom is -0.497 e. The number of nitrogens with zero attached hydrogens (tertiary/aromatic N) is 3. The SMILES string of the molecule is COc1ccc2nc(NC(=O)c3cn4c(n3)COCC4)[nH]c2c1. The average Bonchev–Trinajstić information content (AvgIpc) is 3.17. The van der Waals surface area contributed by atoms with E-state index in [4.69, 9.17) is 9.47 Å². The maximum atomic E-state index is 12.3. The molecular weight excluding hydrogens is 298 g/mol. The lowest BCUT2D eigenvalue weighted by atomic mass is 10.3. The summed E-state index contributed by atoms with van der Waals surface area (Å²) in [6.07, 6.45) is 1.73. The van der Waals surface area contributed by atoms with Crippen molar-refractivity contribution < 1.29 is 14.3 Å². The standard InChI is InChI=1S/C15H15N5O3/c1-22-9-2-3-10-11(6-9)18-15(17-10)19-14(21)12-7-20-4-5-23-8-13(20)16-12/h2-3,6-7H,4-5,8H2,1H3,(H2,17,18,19,21). The number of carbonyl (C=O) groups excluding carboxylic acids is 1. The van der Waals surface area contributed by atoms with Crippen LogP contribution in [0.4, 0.5) is 5.95 Å². The lowest BCUT2D eigenvalue weighted by Gasteiger charge is -2.13. The van der Waals surface area contributed by atoms with Gasteiger partial charge in [-0.3, -0.25) is 10.1 Å². The van der Waals surface area contributed by atoms with Gasteiger partial charge in [0.25, 0.3) is 5.91 Å². The van der Waals surface area contributed by atoms with Gasteiger partial charge in [0.1, 0.15) is 23.9 Å². The van der Waals surface area contributed by atoms with E-state index in [1.807, 2.05) is 22.8 Å². The van der Waals surface area contributed by atoms with E-state index in [2.05, 4.69) is 20.3 Å². The molecule has 3 aromatic rings. The zero-order valence-electron chi connectivity index (χ0n) is 12.5. The quantitative estimate of drug-likeness (QED) is 0.765. The van der Waals surface area contributed by atoms with E-state index in [1.54, 1.807) is 13.3 Å². The predicted molar refractivity (Wildman–Crippen MR) is 82.5 cm³/mol. The lowest BCUT2D eigenvalue weighted by Crippen LogP contribution is -2.15. The molecule has 1 aliphatic heterocycles. The first-order valence-corrected chi connectivity index (χ1v) is 7.22. The molecule has 0 saturated carbocycles. The third-order valence-electron chi connectivity index (χ3n) is 3.72. The van der Waals surface area contributed by atoms with Gasteiger partial charge in [0.05, 0.1) is 24.8 Å². The first-order chi connectivity index (χ1) is 11.2. The Kier molecular flexibility index (Phi) is 3.23. The van der Waals surface area contributed by atoms with E-state index >= 15 is 0 Å². The van der Waals surface area contributed by atoms with Crippen LogP contribution in [0.15, 0.2) is 24.4 Å². The largest absolute Gasteiger partial charge is 0.497 e. The van der Waals surface area contributed by atoms with Crippen LogP contribution < -0.4 is 10.1 Å². The predicted octanol–water partition coefficient (Wildman–Crippen LogP) is 1.55. The van der Waals surface area contributed by atoms with Crippen LogP contribution >= 0.6 is 0 Å². The van der Waals surface area contributed by atoms with Crippen LogP contribution in [-0.4, -0.2) is 39.1 Å². The van der Waals surface area contributed by atoms with E-state index < -0.39 is 0 Å². The Labute approximate surface area is 131 Å². The van der Waals surface area contributed by atoms with Crippen molar-refractivity contribution in [3.8, 4) is 5.75 Å². The summed E-state index contributed by atoms with van der Waals surface area (Å²) in [4.78, 5) is 24.0. The minimum absolute atomic E-state index is 0.307. The number of aromatic amines is 1. The highest BCUT2D eigenvalue weighted by Gasteiger charge is 2.18. The number of hydrogen-bond donors (Lipinski definition) is 2. The van der Waals surface area contributed by atoms with Gasteiger partial charge in [-0.05, 0) is 12.1 Å². The van der Waals surface area contributed by atoms with E-state index in [1.165, 1.54) is 0 Å². The van der Waals surface area contributed by atoms with E-state index in [0.29, 0.717) is 31.4 Å². The van der Waals surface area contributed by atoms with Gasteiger partial charge < -0.3 is 19.0 Å². The Morgan fingerprint density at radius 3 is 3.17 bits per heavy atom. The monoisotopic (exact) mass is 313 g/mol. The Hall–Kier alpha value is -2.87. The van der Waals surface area contributed by atoms with Crippen molar-refractivity contribution in [3.05, 3.63) is 35.9 Å². The summed E-state index contributed by atoms with van der Waals surface area (Å²) in [5, 5.41) is 2.73. The van der Waals surface area contributed by atoms with Crippen LogP contribution in [0.1, 0.15) is 16.3 Å². The van der Waals surface area contributed by atoms with E-state index in [9.17, 15) is 4.79 Å². The van der Waals surface area contributed by atoms with Crippen molar-refractivity contribution in [1.29, 1.82) is 0 Å². The number of fused-ring (bicyclic) bond motifs is 2. The fourth-order valence-corrected chi connectivity index (χ4v) is 2.55. The van der Waals surface area contributed by atoms with Gasteiger partial charge in [0.2, 0.25) is 5.95 Å². The zero-order valence-corrected chi connectivity index (χ0v) is 12.5. The lowest BCUT2D eigenvalue weighted by molar-refractivity contribution is 0.0816. The molecule has 8 heteroatoms. The maximum absolute atomic E-state index is 12.3. The van der Waals surface area contributed by atoms with Gasteiger partial charge in [-0.15, -0.1) is 0 Å². The van der Waals surface area contributed by atoms with Crippen LogP contribution in [0.25, 0.3) is 11.0 Å². The van der Waals surface area contributed by atoms with Gasteiger partial charge in [-0.25, -0.2) is 9.97 Å². The smallest absolute Gasteiger partial charge is 0.278 e. The summed E-state index contributed by atoms with van der Waals surface area (Å²) >= 11 is 0. The fourth-order valence-electron chi connectivity index (χ4n) is 2.55. The summed E-state index contributed by atoms with van der Waals surface area (Å²) in [5.74, 6) is 1.55. The number of benzene rings is 1. The number of carbonyl (C=O) groups is 1. The van der Waals surface area contributed by atoms with Crippen LogP contribution in [0, 0.1) is 0 Å². The highest BCUT2D eigenvalue weighted by atomic mass is 16.5. The first-order valence-electron chi connectivity index (χ1n) is 7.22. The second-order valence-electron chi connectivity index (χ2n) is 5.21. The third-order valence-corrected chi connectivity index (χ3v) is 3.72. The molecule has 1 aromatic carbocycles. The Morgan fingerprint density at radius 1 is 1.43 bits per heavy atom. The second-order valence-corrected chi connectivity index (χ2v) is 5.21. The number of rotatable bonds is 3. The van der Waals surface area contributed by atoms with Crippen LogP contribution in [0.3, 0.4) is 0 Å². The highest BCUT2D eigenvalue weighted by molar-refractivity contribution is 6.02. The molecule has 0 bridgehead atoms. The van der Waals surface area contributed by atoms with Crippen molar-refractivity contribution >= 4 is 22.9 Å². The molecule has 8 nitrogen and oxygen atoms in total. The number of ether oxygens (including phenoxy) is 2. The van der Waals surface area contributed by atoms with Crippen molar-refractivity contribution in [2.75, 3.05) is 19.0 Å². The summed E-state index contributed by atoms with van der Waals surface area (Å²) < 4.78 is 12.4. The Balaban J connectivity index is 1.57. The highest BCUT2D eigenvalue weighted by Crippen LogP contribution is 2.20. The number of aromatic nitrogens is 4. The topological polar surface area (TPSA) is 94.1 Å². The van der Waals surface area contributed by atoms with Crippen LogP contribution in [0.2, 0.25) is 0 Å². The van der Waals surface area contributed by atoms with Gasteiger partial charge >= 0.3 is 0 Å². The molecule has 0 aliphatic carbocycles. The molecule has 23 heavy (non-hydrogen) atoms. The molecule has 2 N–H and O–H groups in total. The summed E-state index contributed by atoms with van der Waals surface area (Å²) in [6, 6.07) is 5.47. The molecule has 1 aliphatic rings. The molecule has 0 radical (unpaired) electrons. The molecule has 3 heterocycles. The average molecular weight is 313 g/mol. The molecule has 1 amide bonds. The first kappa shape index (κ1) is 13.8. The summed E-state index contributed by atoms with van der Waals surface area (Å²) in [6.45, 7) is 1.77. The van der Waals surface area contributed by atoms with E-state index in [-0.39, 0.29) is 5.91 Å². The number of H-pyrrole nitrogens is 1. The number of imidazole rings is 2. The molecule has 0 unspecified atom stereocenters. The van der Waals surface area contributed by atoms with Crippen molar-refractivity contribution in [2.45, 2.75) is 13.2 Å². The maximum Gasteiger partial charge on any atom is 0.278 e. The van der Waals surface area contributed by atoms with Crippen molar-refractivity contribution in [3.63, 3.8) is 0 Å². The van der Waals surface area contributed by atoms with Gasteiger partial charge in [0.15, 0.2) is 0 Å². The van der Waals surface area contributed by atoms with Gasteiger partial charge in [-0.1, -0.05) is 0 Å². The molecule has 0 saturated heterocycles. The summed E-state index contributed by atoms with van der Waals surface area (Å²) in [5.41, 5.74) is 1.89. The number of amides is 1. The normalized spacial score (nSPS) is 13.8. The van der Waals surface area contributed by atoms with Gasteiger partial charge in [0, 0.05) is 18.8 Å². The van der Waals surface area contributed by atoms with Gasteiger partial charge in [-0.2, -0.15) is 0 Å². The Morgan fingerprint density at radius 2 is 2.35 bits per heavy atom. The van der Waals surface area contributed by atoms with E-state index in [0.717, 1.165) is 22.6 Å². The second kappa shape index (κ2) is 5.40. The number of methoxy groups -OCH3 is 1. The van der Waals surface area contributed by atoms with Crippen molar-refractivity contribution in [2.24, 2.45) is 0 Å². The van der Waals surface area contributed by atoms with Crippen LogP contribution in [-0.2, 0) is 17.9 Å². The molecule has 0 atom stereocenters. The number of anilines is 1. The number of hydrogen-bond acceptors (Lipinski definition) is 5. The van der Waals surface area contributed by atoms with Crippen LogP contribution in [0.5, 0.6) is 5.75 Å². The van der Waals surface area contributed by atoms with Crippen molar-refractivity contribution in [1.82, 2.24) is 19.5 Å². The zero-order chi connectivity index (χ0) is 15.8. The molecule has 2 aromatic heterocycles. The molecule has 118 valence electrons. The minimum atomic E-state index is -0.307. The molecule has 4 rings (SSSR count). The molecule has 0 spiro atoms.